The molecule has 1 aromatic rings. The van der Waals surface area contributed by atoms with Crippen molar-refractivity contribution in [2.45, 2.75) is 6.54 Å². The second-order valence-corrected chi connectivity index (χ2v) is 3.10. The third kappa shape index (κ3) is 3.44. The Morgan fingerprint density at radius 3 is 2.80 bits per heavy atom. The van der Waals surface area contributed by atoms with Gasteiger partial charge in [-0.2, -0.15) is 0 Å². The van der Waals surface area contributed by atoms with E-state index in [1.54, 1.807) is 12.1 Å². The molecule has 80 valence electrons. The lowest BCUT2D eigenvalue weighted by atomic mass is 10.1. The van der Waals surface area contributed by atoms with Gasteiger partial charge in [0.15, 0.2) is 0 Å². The topological polar surface area (TPSA) is 69.6 Å². The molecule has 0 amide bonds. The van der Waals surface area contributed by atoms with E-state index in [0.29, 0.717) is 12.1 Å². The molecule has 1 rings (SSSR count). The number of benzene rings is 1. The first-order valence-corrected chi connectivity index (χ1v) is 4.51. The number of hydrogen-bond donors (Lipinski definition) is 3. The van der Waals surface area contributed by atoms with Crippen LogP contribution >= 0.6 is 0 Å². The van der Waals surface area contributed by atoms with Gasteiger partial charge in [-0.3, -0.25) is 0 Å². The number of hydrogen-bond acceptors (Lipinski definition) is 3. The predicted octanol–water partition coefficient (Wildman–Crippen LogP) is 1.21. The summed E-state index contributed by atoms with van der Waals surface area (Å²) >= 11 is 0. The van der Waals surface area contributed by atoms with Gasteiger partial charge in [0.25, 0.3) is 0 Å². The molecular weight excluding hydrogens is 194 g/mol. The minimum Gasteiger partial charge on any atom is -0.507 e. The standard InChI is InChI=1S/C11H13NO3/c1-12-7-8-2-3-9(10(13)6-8)4-5-11(14)15/h2-6,12-13H,7H2,1H3,(H,14,15)/b5-4+. The van der Waals surface area contributed by atoms with Crippen LogP contribution in [0.1, 0.15) is 11.1 Å². The Balaban J connectivity index is 2.88. The fourth-order valence-corrected chi connectivity index (χ4v) is 1.21. The SMILES string of the molecule is CNCc1ccc(/C=C/C(=O)O)c(O)c1. The van der Waals surface area contributed by atoms with Crippen molar-refractivity contribution >= 4 is 12.0 Å². The molecule has 3 N–H and O–H groups in total. The van der Waals surface area contributed by atoms with Gasteiger partial charge in [0.2, 0.25) is 0 Å². The fourth-order valence-electron chi connectivity index (χ4n) is 1.21. The van der Waals surface area contributed by atoms with E-state index in [2.05, 4.69) is 5.32 Å². The molecule has 0 aromatic heterocycles. The number of aliphatic carboxylic acids is 1. The van der Waals surface area contributed by atoms with Crippen LogP contribution in [0.2, 0.25) is 0 Å². The highest BCUT2D eigenvalue weighted by atomic mass is 16.4. The van der Waals surface area contributed by atoms with E-state index < -0.39 is 5.97 Å². The fraction of sp³-hybridized carbons (Fsp3) is 0.182. The van der Waals surface area contributed by atoms with E-state index in [4.69, 9.17) is 5.11 Å². The number of carboxylic acid groups (broad SMARTS) is 1. The highest BCUT2D eigenvalue weighted by molar-refractivity contribution is 5.85. The van der Waals surface area contributed by atoms with Crippen molar-refractivity contribution in [3.05, 3.63) is 35.4 Å². The van der Waals surface area contributed by atoms with E-state index in [9.17, 15) is 9.90 Å². The van der Waals surface area contributed by atoms with Crippen LogP contribution in [0.5, 0.6) is 5.75 Å². The molecule has 0 spiro atoms. The predicted molar refractivity (Wildman–Crippen MR) is 57.5 cm³/mol. The second kappa shape index (κ2) is 5.17. The Hall–Kier alpha value is -1.81. The third-order valence-electron chi connectivity index (χ3n) is 1.88. The van der Waals surface area contributed by atoms with E-state index >= 15 is 0 Å². The van der Waals surface area contributed by atoms with Gasteiger partial charge >= 0.3 is 5.97 Å². The normalized spacial score (nSPS) is 10.7. The maximum Gasteiger partial charge on any atom is 0.328 e. The monoisotopic (exact) mass is 207 g/mol. The third-order valence-corrected chi connectivity index (χ3v) is 1.88. The van der Waals surface area contributed by atoms with Crippen LogP contribution in [-0.4, -0.2) is 23.2 Å². The summed E-state index contributed by atoms with van der Waals surface area (Å²) in [7, 11) is 1.81. The van der Waals surface area contributed by atoms with Gasteiger partial charge < -0.3 is 15.5 Å². The molecule has 0 aliphatic heterocycles. The summed E-state index contributed by atoms with van der Waals surface area (Å²) < 4.78 is 0. The lowest BCUT2D eigenvalue weighted by molar-refractivity contribution is -0.131. The van der Waals surface area contributed by atoms with E-state index in [1.807, 2.05) is 13.1 Å². The molecule has 0 saturated carbocycles. The molecule has 0 radical (unpaired) electrons. The molecule has 0 saturated heterocycles. The summed E-state index contributed by atoms with van der Waals surface area (Å²) in [5.41, 5.74) is 1.44. The molecule has 0 bridgehead atoms. The van der Waals surface area contributed by atoms with Crippen molar-refractivity contribution in [1.29, 1.82) is 0 Å². The molecule has 15 heavy (non-hydrogen) atoms. The molecule has 1 aromatic carbocycles. The number of nitrogens with one attached hydrogen (secondary N) is 1. The first-order chi connectivity index (χ1) is 7.13. The minimum atomic E-state index is -1.03. The lowest BCUT2D eigenvalue weighted by Crippen LogP contribution is -2.04. The number of phenols is 1. The van der Waals surface area contributed by atoms with Crippen LogP contribution in [0.3, 0.4) is 0 Å². The molecule has 4 heteroatoms. The summed E-state index contributed by atoms with van der Waals surface area (Å²) in [5, 5.41) is 20.9. The van der Waals surface area contributed by atoms with Gasteiger partial charge in [-0.1, -0.05) is 12.1 Å². The maximum absolute atomic E-state index is 10.3. The zero-order valence-corrected chi connectivity index (χ0v) is 8.40. The highest BCUT2D eigenvalue weighted by Crippen LogP contribution is 2.20. The maximum atomic E-state index is 10.3. The number of carboxylic acids is 1. The van der Waals surface area contributed by atoms with Crippen molar-refractivity contribution in [3.63, 3.8) is 0 Å². The Morgan fingerprint density at radius 1 is 1.53 bits per heavy atom. The molecule has 4 nitrogen and oxygen atoms in total. The minimum absolute atomic E-state index is 0.0836. The summed E-state index contributed by atoms with van der Waals surface area (Å²) in [6.07, 6.45) is 2.35. The first kappa shape index (κ1) is 11.3. The number of aromatic hydroxyl groups is 1. The van der Waals surface area contributed by atoms with Gasteiger partial charge in [-0.15, -0.1) is 0 Å². The van der Waals surface area contributed by atoms with Crippen LogP contribution in [0, 0.1) is 0 Å². The smallest absolute Gasteiger partial charge is 0.328 e. The Labute approximate surface area is 87.9 Å². The van der Waals surface area contributed by atoms with Crippen molar-refractivity contribution in [2.24, 2.45) is 0 Å². The molecule has 0 aliphatic rings. The Kier molecular flexibility index (Phi) is 3.88. The molecular formula is C11H13NO3. The molecule has 0 fully saturated rings. The Morgan fingerprint density at radius 2 is 2.27 bits per heavy atom. The van der Waals surface area contributed by atoms with Gasteiger partial charge in [-0.05, 0) is 24.8 Å². The largest absolute Gasteiger partial charge is 0.507 e. The number of carbonyl (C=O) groups is 1. The highest BCUT2D eigenvalue weighted by Gasteiger charge is 1.99. The van der Waals surface area contributed by atoms with Crippen LogP contribution in [0.4, 0.5) is 0 Å². The van der Waals surface area contributed by atoms with Gasteiger partial charge in [0.1, 0.15) is 5.75 Å². The molecule has 0 unspecified atom stereocenters. The number of rotatable bonds is 4. The molecule has 0 heterocycles. The van der Waals surface area contributed by atoms with Crippen LogP contribution in [0.25, 0.3) is 6.08 Å². The zero-order valence-electron chi connectivity index (χ0n) is 8.40. The van der Waals surface area contributed by atoms with E-state index in [-0.39, 0.29) is 5.75 Å². The van der Waals surface area contributed by atoms with Crippen molar-refractivity contribution in [1.82, 2.24) is 5.32 Å². The van der Waals surface area contributed by atoms with E-state index in [1.165, 1.54) is 6.08 Å². The Bertz CT molecular complexity index is 385. The van der Waals surface area contributed by atoms with Crippen molar-refractivity contribution in [2.75, 3.05) is 7.05 Å². The molecule has 0 atom stereocenters. The van der Waals surface area contributed by atoms with Crippen LogP contribution in [0.15, 0.2) is 24.3 Å². The van der Waals surface area contributed by atoms with Crippen LogP contribution < -0.4 is 5.32 Å². The average molecular weight is 207 g/mol. The van der Waals surface area contributed by atoms with E-state index in [0.717, 1.165) is 11.6 Å². The number of phenolic OH excluding ortho intramolecular Hbond substituents is 1. The van der Waals surface area contributed by atoms with Crippen LogP contribution in [-0.2, 0) is 11.3 Å². The molecule has 0 aliphatic carbocycles. The zero-order chi connectivity index (χ0) is 11.3. The van der Waals surface area contributed by atoms with Gasteiger partial charge in [0.05, 0.1) is 0 Å². The van der Waals surface area contributed by atoms with Crippen molar-refractivity contribution < 1.29 is 15.0 Å². The average Bonchev–Trinajstić information content (AvgIpc) is 2.17. The van der Waals surface area contributed by atoms with Gasteiger partial charge in [-0.25, -0.2) is 4.79 Å². The first-order valence-electron chi connectivity index (χ1n) is 4.51. The summed E-state index contributed by atoms with van der Waals surface area (Å²) in [6.45, 7) is 0.663. The van der Waals surface area contributed by atoms with Gasteiger partial charge in [0, 0.05) is 18.2 Å². The lowest BCUT2D eigenvalue weighted by Gasteiger charge is -2.03. The second-order valence-electron chi connectivity index (χ2n) is 3.10. The quantitative estimate of drug-likeness (QED) is 0.649. The summed E-state index contributed by atoms with van der Waals surface area (Å²) in [4.78, 5) is 10.3. The van der Waals surface area contributed by atoms with Crippen molar-refractivity contribution in [3.8, 4) is 5.75 Å². The summed E-state index contributed by atoms with van der Waals surface area (Å²) in [6, 6.07) is 5.12. The summed E-state index contributed by atoms with van der Waals surface area (Å²) in [5.74, 6) is -0.950.